The molecule has 2 unspecified atom stereocenters. The summed E-state index contributed by atoms with van der Waals surface area (Å²) in [6.45, 7) is 4.45. The van der Waals surface area contributed by atoms with Gasteiger partial charge in [-0.1, -0.05) is 36.2 Å². The maximum Gasteiger partial charge on any atom is 0.193 e. The van der Waals surface area contributed by atoms with Crippen molar-refractivity contribution < 1.29 is 0 Å². The van der Waals surface area contributed by atoms with Gasteiger partial charge >= 0.3 is 0 Å². The second-order valence-corrected chi connectivity index (χ2v) is 6.19. The van der Waals surface area contributed by atoms with Crippen molar-refractivity contribution in [3.8, 4) is 0 Å². The van der Waals surface area contributed by atoms with Gasteiger partial charge in [0.2, 0.25) is 0 Å². The van der Waals surface area contributed by atoms with E-state index in [1.165, 1.54) is 12.1 Å². The molecule has 0 aliphatic rings. The Morgan fingerprint density at radius 1 is 1.60 bits per heavy atom. The van der Waals surface area contributed by atoms with Crippen molar-refractivity contribution in [2.24, 2.45) is 5.92 Å². The van der Waals surface area contributed by atoms with Gasteiger partial charge in [0.25, 0.3) is 0 Å². The topological polar surface area (TPSA) is 17.3 Å². The summed E-state index contributed by atoms with van der Waals surface area (Å²) in [6, 6.07) is 0. The van der Waals surface area contributed by atoms with Crippen LogP contribution in [0.2, 0.25) is 0 Å². The second-order valence-electron chi connectivity index (χ2n) is 3.88. The van der Waals surface area contributed by atoms with E-state index in [2.05, 4.69) is 56.9 Å². The Labute approximate surface area is 102 Å². The molecule has 0 aliphatic heterocycles. The summed E-state index contributed by atoms with van der Waals surface area (Å²) in [5.74, 6) is 0.676. The Bertz CT molecular complexity index is 404. The normalized spacial score (nSPS) is 15.7. The molecule has 2 heterocycles. The Kier molecular flexibility index (Phi) is 3.46. The molecule has 4 heteroatoms. The van der Waals surface area contributed by atoms with Crippen LogP contribution in [0.15, 0.2) is 17.8 Å². The van der Waals surface area contributed by atoms with Crippen molar-refractivity contribution in [2.45, 2.75) is 31.5 Å². The molecule has 82 valence electrons. The maximum atomic E-state index is 4.60. The number of alkyl halides is 1. The van der Waals surface area contributed by atoms with Gasteiger partial charge in [-0.15, -0.1) is 11.3 Å². The third-order valence-electron chi connectivity index (χ3n) is 2.79. The van der Waals surface area contributed by atoms with Crippen LogP contribution in [-0.2, 0) is 6.42 Å². The van der Waals surface area contributed by atoms with Crippen LogP contribution in [-0.4, -0.2) is 14.2 Å². The predicted molar refractivity (Wildman–Crippen MR) is 68.9 cm³/mol. The molecule has 0 aromatic carbocycles. The lowest BCUT2D eigenvalue weighted by Crippen LogP contribution is -2.13. The van der Waals surface area contributed by atoms with Crippen molar-refractivity contribution in [3.63, 3.8) is 0 Å². The van der Waals surface area contributed by atoms with Crippen LogP contribution in [0.1, 0.15) is 26.0 Å². The summed E-state index contributed by atoms with van der Waals surface area (Å²) in [7, 11) is 0. The molecular formula is C11H15BrN2S. The molecule has 0 N–H and O–H groups in total. The van der Waals surface area contributed by atoms with Gasteiger partial charge in [-0.05, 0) is 12.3 Å². The van der Waals surface area contributed by atoms with Gasteiger partial charge in [0, 0.05) is 22.6 Å². The number of nitrogens with zero attached hydrogens (tertiary/aromatic N) is 2. The number of imidazole rings is 1. The molecule has 0 saturated heterocycles. The van der Waals surface area contributed by atoms with Gasteiger partial charge in [-0.2, -0.15) is 0 Å². The third kappa shape index (κ3) is 2.42. The first-order valence-electron chi connectivity index (χ1n) is 5.26. The smallest absolute Gasteiger partial charge is 0.193 e. The van der Waals surface area contributed by atoms with Crippen molar-refractivity contribution in [1.82, 2.24) is 9.38 Å². The standard InChI is InChI=1S/C11H15BrN2S/c1-3-9(8(2)12)6-10-7-14-4-5-15-11(14)13-10/h4-5,7-9H,3,6H2,1-2H3. The fraction of sp³-hybridized carbons (Fsp3) is 0.545. The van der Waals surface area contributed by atoms with E-state index in [-0.39, 0.29) is 0 Å². The van der Waals surface area contributed by atoms with Gasteiger partial charge in [0.05, 0.1) is 5.69 Å². The van der Waals surface area contributed by atoms with Crippen molar-refractivity contribution in [2.75, 3.05) is 0 Å². The Hall–Kier alpha value is -0.350. The number of halogens is 1. The fourth-order valence-corrected chi connectivity index (χ4v) is 3.05. The Morgan fingerprint density at radius 3 is 3.00 bits per heavy atom. The lowest BCUT2D eigenvalue weighted by atomic mass is 9.98. The van der Waals surface area contributed by atoms with Crippen LogP contribution >= 0.6 is 27.3 Å². The zero-order valence-corrected chi connectivity index (χ0v) is 11.4. The quantitative estimate of drug-likeness (QED) is 0.783. The molecular weight excluding hydrogens is 272 g/mol. The largest absolute Gasteiger partial charge is 0.297 e. The van der Waals surface area contributed by atoms with E-state index in [0.717, 1.165) is 11.4 Å². The number of hydrogen-bond donors (Lipinski definition) is 0. The van der Waals surface area contributed by atoms with Crippen molar-refractivity contribution in [3.05, 3.63) is 23.5 Å². The molecule has 0 radical (unpaired) electrons. The summed E-state index contributed by atoms with van der Waals surface area (Å²) >= 11 is 5.35. The van der Waals surface area contributed by atoms with E-state index < -0.39 is 0 Å². The van der Waals surface area contributed by atoms with E-state index in [0.29, 0.717) is 10.7 Å². The molecule has 0 saturated carbocycles. The lowest BCUT2D eigenvalue weighted by Gasteiger charge is -2.15. The molecule has 2 nitrogen and oxygen atoms in total. The molecule has 15 heavy (non-hydrogen) atoms. The van der Waals surface area contributed by atoms with E-state index in [4.69, 9.17) is 0 Å². The number of fused-ring (bicyclic) bond motifs is 1. The highest BCUT2D eigenvalue weighted by Gasteiger charge is 2.15. The highest BCUT2D eigenvalue weighted by atomic mass is 79.9. The minimum atomic E-state index is 0.558. The lowest BCUT2D eigenvalue weighted by molar-refractivity contribution is 0.503. The summed E-state index contributed by atoms with van der Waals surface area (Å²) in [6.07, 6.45) is 6.47. The molecule has 0 bridgehead atoms. The van der Waals surface area contributed by atoms with Crippen molar-refractivity contribution in [1.29, 1.82) is 0 Å². The van der Waals surface area contributed by atoms with Gasteiger partial charge in [0.15, 0.2) is 4.96 Å². The van der Waals surface area contributed by atoms with Gasteiger partial charge in [-0.3, -0.25) is 4.40 Å². The SMILES string of the molecule is CCC(Cc1cn2ccsc2n1)C(C)Br. The zero-order valence-electron chi connectivity index (χ0n) is 8.98. The Morgan fingerprint density at radius 2 is 2.40 bits per heavy atom. The highest BCUT2D eigenvalue weighted by Crippen LogP contribution is 2.22. The summed E-state index contributed by atoms with van der Waals surface area (Å²) in [5.41, 5.74) is 1.21. The minimum Gasteiger partial charge on any atom is -0.297 e. The average molecular weight is 287 g/mol. The number of thiazole rings is 1. The third-order valence-corrected chi connectivity index (χ3v) is 4.31. The number of hydrogen-bond acceptors (Lipinski definition) is 2. The molecule has 0 spiro atoms. The number of rotatable bonds is 4. The van der Waals surface area contributed by atoms with Crippen LogP contribution in [0, 0.1) is 5.92 Å². The maximum absolute atomic E-state index is 4.60. The first-order chi connectivity index (χ1) is 7.20. The minimum absolute atomic E-state index is 0.558. The van der Waals surface area contributed by atoms with Crippen LogP contribution < -0.4 is 0 Å². The molecule has 2 atom stereocenters. The van der Waals surface area contributed by atoms with Crippen LogP contribution in [0.25, 0.3) is 4.96 Å². The summed E-state index contributed by atoms with van der Waals surface area (Å²) in [4.78, 5) is 6.26. The first kappa shape index (κ1) is 11.1. The van der Waals surface area contributed by atoms with Crippen LogP contribution in [0.3, 0.4) is 0 Å². The average Bonchev–Trinajstić information content (AvgIpc) is 2.72. The van der Waals surface area contributed by atoms with Gasteiger partial charge < -0.3 is 0 Å². The molecule has 2 rings (SSSR count). The number of aromatic nitrogens is 2. The van der Waals surface area contributed by atoms with E-state index in [1.807, 2.05) is 0 Å². The van der Waals surface area contributed by atoms with Gasteiger partial charge in [-0.25, -0.2) is 4.98 Å². The van der Waals surface area contributed by atoms with Crippen LogP contribution in [0.5, 0.6) is 0 Å². The monoisotopic (exact) mass is 286 g/mol. The molecule has 0 fully saturated rings. The molecule has 2 aromatic rings. The molecule has 2 aromatic heterocycles. The molecule has 0 aliphatic carbocycles. The highest BCUT2D eigenvalue weighted by molar-refractivity contribution is 9.09. The predicted octanol–water partition coefficient (Wildman–Crippen LogP) is 3.75. The van der Waals surface area contributed by atoms with Crippen LogP contribution in [0.4, 0.5) is 0 Å². The Balaban J connectivity index is 2.14. The van der Waals surface area contributed by atoms with Gasteiger partial charge in [0.1, 0.15) is 0 Å². The van der Waals surface area contributed by atoms with Crippen molar-refractivity contribution >= 4 is 32.2 Å². The van der Waals surface area contributed by atoms with E-state index in [1.54, 1.807) is 11.3 Å². The fourth-order valence-electron chi connectivity index (χ4n) is 1.77. The van der Waals surface area contributed by atoms with E-state index >= 15 is 0 Å². The summed E-state index contributed by atoms with van der Waals surface area (Å²) in [5, 5.41) is 2.07. The first-order valence-corrected chi connectivity index (χ1v) is 7.05. The summed E-state index contributed by atoms with van der Waals surface area (Å²) < 4.78 is 2.10. The molecule has 0 amide bonds. The zero-order chi connectivity index (χ0) is 10.8. The second kappa shape index (κ2) is 4.66. The van der Waals surface area contributed by atoms with E-state index in [9.17, 15) is 0 Å².